The summed E-state index contributed by atoms with van der Waals surface area (Å²) in [6, 6.07) is 2.98. The highest BCUT2D eigenvalue weighted by molar-refractivity contribution is 9.10. The van der Waals surface area contributed by atoms with Crippen LogP contribution < -0.4 is 10.5 Å². The summed E-state index contributed by atoms with van der Waals surface area (Å²) in [5.41, 5.74) is 0.142. The van der Waals surface area contributed by atoms with Crippen LogP contribution in [0.1, 0.15) is 12.8 Å². The normalized spacial score (nSPS) is 17.4. The molecule has 0 unspecified atom stereocenters. The molecule has 1 heterocycles. The van der Waals surface area contributed by atoms with Crippen molar-refractivity contribution < 1.29 is 18.3 Å². The summed E-state index contributed by atoms with van der Waals surface area (Å²) in [6.45, 7) is 0.383. The third-order valence-corrected chi connectivity index (χ3v) is 5.31. The van der Waals surface area contributed by atoms with E-state index in [0.29, 0.717) is 17.3 Å². The first kappa shape index (κ1) is 17.5. The fourth-order valence-corrected chi connectivity index (χ4v) is 3.84. The average molecular weight is 413 g/mol. The van der Waals surface area contributed by atoms with E-state index in [1.54, 1.807) is 6.07 Å². The highest BCUT2D eigenvalue weighted by Gasteiger charge is 2.29. The molecule has 0 radical (unpaired) electrons. The van der Waals surface area contributed by atoms with E-state index in [-0.39, 0.29) is 41.4 Å². The van der Waals surface area contributed by atoms with E-state index in [0.717, 1.165) is 4.31 Å². The van der Waals surface area contributed by atoms with Crippen LogP contribution in [0.4, 0.5) is 5.69 Å². The van der Waals surface area contributed by atoms with Gasteiger partial charge in [-0.15, -0.1) is 0 Å². The van der Waals surface area contributed by atoms with Gasteiger partial charge in [-0.05, 0) is 25.0 Å². The lowest BCUT2D eigenvalue weighted by Crippen LogP contribution is -2.44. The molecule has 1 aliphatic rings. The maximum atomic E-state index is 12.2. The molecule has 2 rings (SSSR count). The van der Waals surface area contributed by atoms with Crippen molar-refractivity contribution in [2.24, 2.45) is 11.1 Å². The first-order valence-electron chi connectivity index (χ1n) is 6.45. The predicted molar refractivity (Wildman–Crippen MR) is 86.9 cm³/mol. The molecule has 1 aliphatic heterocycles. The molecule has 1 fully saturated rings. The molecule has 7 nitrogen and oxygen atoms in total. The Labute approximate surface area is 141 Å². The fourth-order valence-electron chi connectivity index (χ4n) is 2.28. The van der Waals surface area contributed by atoms with Crippen molar-refractivity contribution in [1.29, 1.82) is 0 Å². The number of piperidine rings is 1. The van der Waals surface area contributed by atoms with Crippen LogP contribution in [0.15, 0.2) is 16.6 Å². The molecule has 1 aromatic rings. The van der Waals surface area contributed by atoms with Gasteiger partial charge in [0.15, 0.2) is 0 Å². The third kappa shape index (κ3) is 4.11. The number of phenolic OH excluding ortho intramolecular Hbond substituents is 1. The summed E-state index contributed by atoms with van der Waals surface area (Å²) in [6.07, 6.45) is 0.717. The summed E-state index contributed by atoms with van der Waals surface area (Å²) in [7, 11) is -3.72. The summed E-state index contributed by atoms with van der Waals surface area (Å²) < 4.78 is 24.2. The van der Waals surface area contributed by atoms with Crippen LogP contribution in [0.5, 0.6) is 5.75 Å². The van der Waals surface area contributed by atoms with Crippen LogP contribution in [0.3, 0.4) is 0 Å². The second-order valence-corrected chi connectivity index (χ2v) is 7.86. The molecule has 10 heteroatoms. The lowest BCUT2D eigenvalue weighted by Gasteiger charge is -2.29. The van der Waals surface area contributed by atoms with Crippen LogP contribution in [0.25, 0.3) is 0 Å². The first-order valence-corrected chi connectivity index (χ1v) is 9.12. The minimum absolute atomic E-state index is 0.142. The smallest absolute Gasteiger partial charge is 0.276 e. The van der Waals surface area contributed by atoms with E-state index < -0.39 is 10.2 Å². The van der Waals surface area contributed by atoms with E-state index in [9.17, 15) is 18.3 Å². The molecule has 1 saturated heterocycles. The van der Waals surface area contributed by atoms with Crippen LogP contribution in [-0.4, -0.2) is 36.8 Å². The number of nitrogens with one attached hydrogen (secondary N) is 1. The summed E-state index contributed by atoms with van der Waals surface area (Å²) in [5, 5.41) is 17.7. The molecule has 1 aromatic carbocycles. The maximum absolute atomic E-state index is 12.2. The largest absolute Gasteiger partial charge is 0.506 e. The average Bonchev–Trinajstić information content (AvgIpc) is 2.41. The zero-order chi connectivity index (χ0) is 16.5. The van der Waals surface area contributed by atoms with Crippen molar-refractivity contribution in [2.75, 3.05) is 18.4 Å². The number of halogens is 2. The Bertz CT molecular complexity index is 667. The second-order valence-electron chi connectivity index (χ2n) is 4.99. The lowest BCUT2D eigenvalue weighted by atomic mass is 9.97. The molecule has 0 aromatic heterocycles. The van der Waals surface area contributed by atoms with E-state index in [2.05, 4.69) is 21.2 Å². The van der Waals surface area contributed by atoms with E-state index in [4.69, 9.17) is 16.7 Å². The lowest BCUT2D eigenvalue weighted by molar-refractivity contribution is -0.120. The molecule has 0 spiro atoms. The Balaban J connectivity index is 2.03. The van der Waals surface area contributed by atoms with E-state index >= 15 is 0 Å². The van der Waals surface area contributed by atoms with Gasteiger partial charge < -0.3 is 10.4 Å². The summed E-state index contributed by atoms with van der Waals surface area (Å²) in [4.78, 5) is 12.2. The molecule has 1 amide bonds. The van der Waals surface area contributed by atoms with Gasteiger partial charge in [-0.3, -0.25) is 4.79 Å². The van der Waals surface area contributed by atoms with Crippen molar-refractivity contribution in [3.8, 4) is 5.75 Å². The van der Waals surface area contributed by atoms with Gasteiger partial charge in [0.2, 0.25) is 5.91 Å². The number of carbonyl (C=O) groups excluding carboxylic acids is 1. The van der Waals surface area contributed by atoms with E-state index in [1.807, 2.05) is 0 Å². The van der Waals surface area contributed by atoms with Crippen LogP contribution in [0.2, 0.25) is 5.02 Å². The number of carbonyl (C=O) groups is 1. The predicted octanol–water partition coefficient (Wildman–Crippen LogP) is 1.66. The van der Waals surface area contributed by atoms with Gasteiger partial charge in [0.05, 0.1) is 5.02 Å². The number of anilines is 1. The Morgan fingerprint density at radius 3 is 2.50 bits per heavy atom. The quantitative estimate of drug-likeness (QED) is 0.655. The van der Waals surface area contributed by atoms with Gasteiger partial charge >= 0.3 is 0 Å². The molecular formula is C12H15BrClN3O4S. The zero-order valence-corrected chi connectivity index (χ0v) is 14.6. The number of hydrogen-bond donors (Lipinski definition) is 3. The van der Waals surface area contributed by atoms with Crippen LogP contribution >= 0.6 is 27.5 Å². The zero-order valence-electron chi connectivity index (χ0n) is 11.4. The van der Waals surface area contributed by atoms with Crippen molar-refractivity contribution in [1.82, 2.24) is 4.31 Å². The number of hydrogen-bond acceptors (Lipinski definition) is 4. The van der Waals surface area contributed by atoms with Crippen LogP contribution in [0, 0.1) is 5.92 Å². The van der Waals surface area contributed by atoms with Gasteiger partial charge in [0.1, 0.15) is 11.4 Å². The molecule has 122 valence electrons. The molecular weight excluding hydrogens is 398 g/mol. The second kappa shape index (κ2) is 6.71. The summed E-state index contributed by atoms with van der Waals surface area (Å²) in [5.74, 6) is -0.819. The van der Waals surface area contributed by atoms with Crippen molar-refractivity contribution >= 4 is 49.3 Å². The summed E-state index contributed by atoms with van der Waals surface area (Å²) >= 11 is 9.18. The van der Waals surface area contributed by atoms with E-state index in [1.165, 1.54) is 6.07 Å². The Kier molecular flexibility index (Phi) is 5.33. The van der Waals surface area contributed by atoms with Gasteiger partial charge in [0, 0.05) is 23.5 Å². The fraction of sp³-hybridized carbons (Fsp3) is 0.417. The van der Waals surface area contributed by atoms with Gasteiger partial charge in [0.25, 0.3) is 10.2 Å². The SMILES string of the molecule is NS(=O)(=O)N1CCC(C(=O)Nc2c(O)cc(Br)cc2Cl)CC1. The number of benzene rings is 1. The topological polar surface area (TPSA) is 113 Å². The van der Waals surface area contributed by atoms with Gasteiger partial charge in [-0.1, -0.05) is 27.5 Å². The number of phenols is 1. The number of rotatable bonds is 3. The Morgan fingerprint density at radius 2 is 2.00 bits per heavy atom. The number of amides is 1. The minimum atomic E-state index is -3.72. The standard InChI is InChI=1S/C12H15BrClN3O4S/c13-8-5-9(14)11(10(18)6-8)16-12(19)7-1-3-17(4-2-7)22(15,20)21/h5-7,18H,1-4H2,(H,16,19)(H2,15,20,21). The third-order valence-electron chi connectivity index (χ3n) is 3.47. The maximum Gasteiger partial charge on any atom is 0.276 e. The highest BCUT2D eigenvalue weighted by atomic mass is 79.9. The van der Waals surface area contributed by atoms with Gasteiger partial charge in [-0.25, -0.2) is 5.14 Å². The monoisotopic (exact) mass is 411 g/mol. The molecule has 0 atom stereocenters. The highest BCUT2D eigenvalue weighted by Crippen LogP contribution is 2.35. The molecule has 4 N–H and O–H groups in total. The van der Waals surface area contributed by atoms with Gasteiger partial charge in [-0.2, -0.15) is 12.7 Å². The minimum Gasteiger partial charge on any atom is -0.506 e. The first-order chi connectivity index (χ1) is 10.2. The number of nitrogens with zero attached hydrogens (tertiary/aromatic N) is 1. The number of nitrogens with two attached hydrogens (primary N) is 1. The molecule has 0 saturated carbocycles. The van der Waals surface area contributed by atoms with Crippen LogP contribution in [-0.2, 0) is 15.0 Å². The molecule has 22 heavy (non-hydrogen) atoms. The van der Waals surface area contributed by atoms with Crippen molar-refractivity contribution in [3.63, 3.8) is 0 Å². The molecule has 0 aliphatic carbocycles. The van der Waals surface area contributed by atoms with Crippen molar-refractivity contribution in [2.45, 2.75) is 12.8 Å². The van der Waals surface area contributed by atoms with Crippen molar-refractivity contribution in [3.05, 3.63) is 21.6 Å². The Hall–Kier alpha value is -0.870. The Morgan fingerprint density at radius 1 is 1.41 bits per heavy atom. The molecule has 0 bridgehead atoms. The number of aromatic hydroxyl groups is 1.